The Bertz CT molecular complexity index is 906. The van der Waals surface area contributed by atoms with Crippen LogP contribution in [0.5, 0.6) is 0 Å². The number of anilines is 1. The molecular weight excluding hydrogens is 373 g/mol. The first-order chi connectivity index (χ1) is 13.2. The molecule has 1 aliphatic rings. The maximum atomic E-state index is 13.0. The third-order valence-corrected chi connectivity index (χ3v) is 4.54. The van der Waals surface area contributed by atoms with Crippen LogP contribution in [-0.4, -0.2) is 52.7 Å². The van der Waals surface area contributed by atoms with Gasteiger partial charge in [0.2, 0.25) is 0 Å². The van der Waals surface area contributed by atoms with Gasteiger partial charge in [0.05, 0.1) is 5.56 Å². The molecule has 1 saturated heterocycles. The van der Waals surface area contributed by atoms with Crippen molar-refractivity contribution in [2.45, 2.75) is 20.0 Å². The van der Waals surface area contributed by atoms with Gasteiger partial charge in [0, 0.05) is 37.8 Å². The number of aromatic nitrogens is 2. The summed E-state index contributed by atoms with van der Waals surface area (Å²) in [6, 6.07) is 7.53. The molecule has 0 N–H and O–H groups in total. The third-order valence-electron chi connectivity index (χ3n) is 4.54. The van der Waals surface area contributed by atoms with E-state index in [0.717, 1.165) is 6.07 Å². The SMILES string of the molecule is CC(=O)c1ccccc1C(=O)N1CCN(c2cc(C(F)(F)F)nc(C)n2)CC1. The van der Waals surface area contributed by atoms with E-state index in [4.69, 9.17) is 0 Å². The molecule has 1 fully saturated rings. The van der Waals surface area contributed by atoms with Gasteiger partial charge < -0.3 is 9.80 Å². The molecule has 0 atom stereocenters. The van der Waals surface area contributed by atoms with Crippen LogP contribution in [0.15, 0.2) is 30.3 Å². The minimum Gasteiger partial charge on any atom is -0.353 e. The zero-order chi connectivity index (χ0) is 20.5. The van der Waals surface area contributed by atoms with Crippen molar-refractivity contribution in [1.82, 2.24) is 14.9 Å². The summed E-state index contributed by atoms with van der Waals surface area (Å²) in [5.74, 6) is -0.228. The molecule has 28 heavy (non-hydrogen) atoms. The second-order valence-electron chi connectivity index (χ2n) is 6.54. The van der Waals surface area contributed by atoms with Crippen LogP contribution in [0.2, 0.25) is 0 Å². The number of carbonyl (C=O) groups excluding carboxylic acids is 2. The quantitative estimate of drug-likeness (QED) is 0.752. The summed E-state index contributed by atoms with van der Waals surface area (Å²) in [5.41, 5.74) is -0.291. The number of benzene rings is 1. The monoisotopic (exact) mass is 392 g/mol. The number of halogens is 3. The number of carbonyl (C=O) groups is 2. The maximum absolute atomic E-state index is 13.0. The van der Waals surface area contributed by atoms with Crippen molar-refractivity contribution in [1.29, 1.82) is 0 Å². The topological polar surface area (TPSA) is 66.4 Å². The Balaban J connectivity index is 1.74. The van der Waals surface area contributed by atoms with Crippen LogP contribution < -0.4 is 4.90 Å². The Morgan fingerprint density at radius 2 is 1.61 bits per heavy atom. The highest BCUT2D eigenvalue weighted by Gasteiger charge is 2.34. The molecule has 1 aliphatic heterocycles. The van der Waals surface area contributed by atoms with Crippen molar-refractivity contribution >= 4 is 17.5 Å². The fourth-order valence-corrected chi connectivity index (χ4v) is 3.14. The average Bonchev–Trinajstić information content (AvgIpc) is 2.66. The van der Waals surface area contributed by atoms with Crippen molar-refractivity contribution in [3.63, 3.8) is 0 Å². The first-order valence-corrected chi connectivity index (χ1v) is 8.74. The Hall–Kier alpha value is -2.97. The van der Waals surface area contributed by atoms with Crippen LogP contribution >= 0.6 is 0 Å². The summed E-state index contributed by atoms with van der Waals surface area (Å²) >= 11 is 0. The van der Waals surface area contributed by atoms with E-state index in [2.05, 4.69) is 9.97 Å². The number of alkyl halides is 3. The molecule has 6 nitrogen and oxygen atoms in total. The molecule has 0 aliphatic carbocycles. The van der Waals surface area contributed by atoms with E-state index in [9.17, 15) is 22.8 Å². The molecule has 2 heterocycles. The van der Waals surface area contributed by atoms with Gasteiger partial charge in [0.1, 0.15) is 17.3 Å². The van der Waals surface area contributed by atoms with Gasteiger partial charge in [-0.05, 0) is 19.9 Å². The summed E-state index contributed by atoms with van der Waals surface area (Å²) in [6.07, 6.45) is -4.55. The smallest absolute Gasteiger partial charge is 0.353 e. The highest BCUT2D eigenvalue weighted by atomic mass is 19.4. The number of nitrogens with zero attached hydrogens (tertiary/aromatic N) is 4. The molecule has 0 saturated carbocycles. The Morgan fingerprint density at radius 3 is 2.18 bits per heavy atom. The predicted molar refractivity (Wildman–Crippen MR) is 96.3 cm³/mol. The highest BCUT2D eigenvalue weighted by molar-refractivity contribution is 6.07. The van der Waals surface area contributed by atoms with Crippen LogP contribution in [0.3, 0.4) is 0 Å². The van der Waals surface area contributed by atoms with Crippen molar-refractivity contribution in [3.8, 4) is 0 Å². The first kappa shape index (κ1) is 19.8. The number of hydrogen-bond acceptors (Lipinski definition) is 5. The Kier molecular flexibility index (Phi) is 5.35. The lowest BCUT2D eigenvalue weighted by atomic mass is 10.0. The minimum absolute atomic E-state index is 0.0405. The maximum Gasteiger partial charge on any atom is 0.433 e. The zero-order valence-corrected chi connectivity index (χ0v) is 15.5. The average molecular weight is 392 g/mol. The van der Waals surface area contributed by atoms with E-state index in [1.54, 1.807) is 34.1 Å². The lowest BCUT2D eigenvalue weighted by molar-refractivity contribution is -0.141. The van der Waals surface area contributed by atoms with Crippen LogP contribution in [0.4, 0.5) is 19.0 Å². The largest absolute Gasteiger partial charge is 0.433 e. The van der Waals surface area contributed by atoms with E-state index in [1.807, 2.05) is 0 Å². The van der Waals surface area contributed by atoms with Crippen molar-refractivity contribution in [2.75, 3.05) is 31.1 Å². The molecule has 0 unspecified atom stereocenters. The standard InChI is InChI=1S/C19H19F3N4O2/c1-12(27)14-5-3-4-6-15(14)18(28)26-9-7-25(8-10-26)17-11-16(19(20,21)22)23-13(2)24-17/h3-6,11H,7-10H2,1-2H3. The number of rotatable bonds is 3. The van der Waals surface area contributed by atoms with Crippen molar-refractivity contribution in [2.24, 2.45) is 0 Å². The molecule has 2 aromatic rings. The van der Waals surface area contributed by atoms with Gasteiger partial charge in [-0.2, -0.15) is 13.2 Å². The number of amides is 1. The number of piperazine rings is 1. The molecule has 148 valence electrons. The summed E-state index contributed by atoms with van der Waals surface area (Å²) in [4.78, 5) is 35.4. The molecular formula is C19H19F3N4O2. The Morgan fingerprint density at radius 1 is 1.00 bits per heavy atom. The normalized spacial score (nSPS) is 14.9. The molecule has 0 radical (unpaired) electrons. The van der Waals surface area contributed by atoms with Crippen LogP contribution in [0.25, 0.3) is 0 Å². The van der Waals surface area contributed by atoms with E-state index in [-0.39, 0.29) is 23.3 Å². The van der Waals surface area contributed by atoms with Gasteiger partial charge in [-0.25, -0.2) is 9.97 Å². The van der Waals surface area contributed by atoms with Gasteiger partial charge in [-0.3, -0.25) is 9.59 Å². The van der Waals surface area contributed by atoms with Gasteiger partial charge in [0.15, 0.2) is 5.78 Å². The van der Waals surface area contributed by atoms with E-state index in [0.29, 0.717) is 37.3 Å². The first-order valence-electron chi connectivity index (χ1n) is 8.74. The van der Waals surface area contributed by atoms with Gasteiger partial charge >= 0.3 is 6.18 Å². The lowest BCUT2D eigenvalue weighted by Crippen LogP contribution is -2.49. The van der Waals surface area contributed by atoms with Gasteiger partial charge in [0.25, 0.3) is 5.91 Å². The van der Waals surface area contributed by atoms with Crippen LogP contribution in [-0.2, 0) is 6.18 Å². The van der Waals surface area contributed by atoms with Crippen LogP contribution in [0, 0.1) is 6.92 Å². The number of hydrogen-bond donors (Lipinski definition) is 0. The molecule has 1 aromatic carbocycles. The number of aryl methyl sites for hydroxylation is 1. The second kappa shape index (κ2) is 7.57. The highest BCUT2D eigenvalue weighted by Crippen LogP contribution is 2.30. The minimum atomic E-state index is -4.55. The van der Waals surface area contributed by atoms with Crippen molar-refractivity contribution < 1.29 is 22.8 Å². The zero-order valence-electron chi connectivity index (χ0n) is 15.5. The third kappa shape index (κ3) is 4.13. The fourth-order valence-electron chi connectivity index (χ4n) is 3.14. The summed E-state index contributed by atoms with van der Waals surface area (Å²) in [6.45, 7) is 4.12. The number of ketones is 1. The summed E-state index contributed by atoms with van der Waals surface area (Å²) in [7, 11) is 0. The van der Waals surface area contributed by atoms with Gasteiger partial charge in [-0.15, -0.1) is 0 Å². The van der Waals surface area contributed by atoms with Gasteiger partial charge in [-0.1, -0.05) is 18.2 Å². The predicted octanol–water partition coefficient (Wildman–Crippen LogP) is 2.97. The molecule has 1 aromatic heterocycles. The van der Waals surface area contributed by atoms with E-state index in [1.165, 1.54) is 13.8 Å². The van der Waals surface area contributed by atoms with Crippen LogP contribution in [0.1, 0.15) is 39.2 Å². The Labute approximate surface area is 160 Å². The van der Waals surface area contributed by atoms with Crippen molar-refractivity contribution in [3.05, 3.63) is 53.0 Å². The lowest BCUT2D eigenvalue weighted by Gasteiger charge is -2.35. The number of Topliss-reactive ketones (excluding diaryl/α,β-unsaturated/α-hetero) is 1. The summed E-state index contributed by atoms with van der Waals surface area (Å²) in [5, 5.41) is 0. The molecule has 0 bridgehead atoms. The van der Waals surface area contributed by atoms with E-state index >= 15 is 0 Å². The fraction of sp³-hybridized carbons (Fsp3) is 0.368. The molecule has 0 spiro atoms. The molecule has 3 rings (SSSR count). The molecule has 1 amide bonds. The summed E-state index contributed by atoms with van der Waals surface area (Å²) < 4.78 is 39.0. The second-order valence-corrected chi connectivity index (χ2v) is 6.54. The van der Waals surface area contributed by atoms with E-state index < -0.39 is 11.9 Å². The molecule has 9 heteroatoms.